The Kier molecular flexibility index (Phi) is 4.18. The molecule has 2 aliphatic heterocycles. The van der Waals surface area contributed by atoms with Gasteiger partial charge in [-0.25, -0.2) is 9.37 Å². The van der Waals surface area contributed by atoms with Gasteiger partial charge in [0, 0.05) is 34.7 Å². The van der Waals surface area contributed by atoms with Crippen molar-refractivity contribution in [3.8, 4) is 5.75 Å². The van der Waals surface area contributed by atoms with Gasteiger partial charge < -0.3 is 20.1 Å². The third kappa shape index (κ3) is 2.84. The molecule has 2 N–H and O–H groups in total. The molecule has 29 heavy (non-hydrogen) atoms. The summed E-state index contributed by atoms with van der Waals surface area (Å²) in [5, 5.41) is 0.676. The van der Waals surface area contributed by atoms with E-state index >= 15 is 0 Å². The van der Waals surface area contributed by atoms with Crippen LogP contribution in [0.1, 0.15) is 33.2 Å². The van der Waals surface area contributed by atoms with Crippen LogP contribution in [-0.2, 0) is 18.0 Å². The Balaban J connectivity index is 1.55. The molecular formula is C20H16BrFN4O3. The lowest BCUT2D eigenvalue weighted by atomic mass is 10.0. The number of anilines is 1. The van der Waals surface area contributed by atoms with Crippen LogP contribution in [0.3, 0.4) is 0 Å². The van der Waals surface area contributed by atoms with Gasteiger partial charge in [-0.3, -0.25) is 9.78 Å². The van der Waals surface area contributed by atoms with Gasteiger partial charge >= 0.3 is 0 Å². The summed E-state index contributed by atoms with van der Waals surface area (Å²) < 4.78 is 26.8. The number of hydrogen-bond acceptors (Lipinski definition) is 6. The molecule has 2 aliphatic rings. The fourth-order valence-corrected chi connectivity index (χ4v) is 4.14. The number of halogens is 2. The second-order valence-electron chi connectivity index (χ2n) is 7.08. The molecule has 0 radical (unpaired) electrons. The second-order valence-corrected chi connectivity index (χ2v) is 7.99. The van der Waals surface area contributed by atoms with E-state index in [0.29, 0.717) is 41.4 Å². The Hall–Kier alpha value is -2.78. The minimum absolute atomic E-state index is 0.0359. The summed E-state index contributed by atoms with van der Waals surface area (Å²) in [7, 11) is 1.62. The molecule has 1 unspecified atom stereocenters. The predicted octanol–water partition coefficient (Wildman–Crippen LogP) is 3.35. The highest BCUT2D eigenvalue weighted by Crippen LogP contribution is 2.37. The number of pyridine rings is 2. The van der Waals surface area contributed by atoms with Gasteiger partial charge in [-0.1, -0.05) is 0 Å². The summed E-state index contributed by atoms with van der Waals surface area (Å²) in [6.07, 6.45) is 1.65. The standard InChI is InChI=1S/C20H16BrFN4O3/c1-26(16-8-29-17-2-9(21)5-24-18(16)17)20(27)11-3-10-12-6-28-7-13(12)19(23)25-15(10)4-14(11)22/h2-5,16H,6-8H2,1H3,(H2,23,25). The van der Waals surface area contributed by atoms with Crippen molar-refractivity contribution >= 4 is 38.6 Å². The van der Waals surface area contributed by atoms with Gasteiger partial charge in [-0.05, 0) is 33.6 Å². The van der Waals surface area contributed by atoms with Crippen molar-refractivity contribution in [3.05, 3.63) is 57.1 Å². The summed E-state index contributed by atoms with van der Waals surface area (Å²) in [6, 6.07) is 4.19. The number of nitrogens with zero attached hydrogens (tertiary/aromatic N) is 3. The average molecular weight is 459 g/mol. The van der Waals surface area contributed by atoms with Gasteiger partial charge in [0.2, 0.25) is 0 Å². The quantitative estimate of drug-likeness (QED) is 0.632. The number of hydrogen-bond donors (Lipinski definition) is 1. The van der Waals surface area contributed by atoms with Crippen molar-refractivity contribution < 1.29 is 18.7 Å². The largest absolute Gasteiger partial charge is 0.489 e. The Bertz CT molecular complexity index is 1190. The van der Waals surface area contributed by atoms with Gasteiger partial charge in [0.25, 0.3) is 5.91 Å². The van der Waals surface area contributed by atoms with E-state index in [2.05, 4.69) is 25.9 Å². The third-order valence-electron chi connectivity index (χ3n) is 5.40. The van der Waals surface area contributed by atoms with E-state index in [1.807, 2.05) is 0 Å². The minimum atomic E-state index is -0.650. The molecule has 0 bridgehead atoms. The van der Waals surface area contributed by atoms with Gasteiger partial charge in [0.05, 0.1) is 24.3 Å². The lowest BCUT2D eigenvalue weighted by molar-refractivity contribution is 0.0701. The molecule has 3 aromatic rings. The molecule has 9 heteroatoms. The molecule has 2 aromatic heterocycles. The van der Waals surface area contributed by atoms with E-state index in [1.165, 1.54) is 17.0 Å². The summed E-state index contributed by atoms with van der Waals surface area (Å²) in [6.45, 7) is 0.982. The number of carbonyl (C=O) groups excluding carboxylic acids is 1. The lowest BCUT2D eigenvalue weighted by Crippen LogP contribution is -2.33. The van der Waals surface area contributed by atoms with E-state index in [9.17, 15) is 9.18 Å². The molecule has 7 nitrogen and oxygen atoms in total. The Morgan fingerprint density at radius 3 is 2.93 bits per heavy atom. The maximum absolute atomic E-state index is 14.8. The molecule has 0 aliphatic carbocycles. The zero-order valence-electron chi connectivity index (χ0n) is 15.4. The molecular weight excluding hydrogens is 443 g/mol. The maximum atomic E-state index is 14.8. The number of amides is 1. The van der Waals surface area contributed by atoms with Crippen LogP contribution in [0, 0.1) is 5.82 Å². The van der Waals surface area contributed by atoms with Crippen LogP contribution in [0.2, 0.25) is 0 Å². The number of likely N-dealkylation sites (N-methyl/N-ethyl adjacent to an activating group) is 1. The minimum Gasteiger partial charge on any atom is -0.489 e. The molecule has 0 fully saturated rings. The van der Waals surface area contributed by atoms with Gasteiger partial charge in [0.1, 0.15) is 35.7 Å². The number of aromatic nitrogens is 2. The molecule has 0 saturated heterocycles. The van der Waals surface area contributed by atoms with Gasteiger partial charge in [-0.2, -0.15) is 0 Å². The van der Waals surface area contributed by atoms with Crippen molar-refractivity contribution in [2.24, 2.45) is 0 Å². The second kappa shape index (κ2) is 6.64. The number of rotatable bonds is 2. The first-order valence-electron chi connectivity index (χ1n) is 8.97. The van der Waals surface area contributed by atoms with Gasteiger partial charge in [0.15, 0.2) is 0 Å². The van der Waals surface area contributed by atoms with Crippen LogP contribution in [0.15, 0.2) is 28.9 Å². The van der Waals surface area contributed by atoms with Crippen LogP contribution in [0.4, 0.5) is 10.2 Å². The normalized spacial score (nSPS) is 17.1. The first kappa shape index (κ1) is 18.3. The molecule has 4 heterocycles. The van der Waals surface area contributed by atoms with E-state index in [-0.39, 0.29) is 12.2 Å². The third-order valence-corrected chi connectivity index (χ3v) is 5.83. The Labute approximate surface area is 173 Å². The van der Waals surface area contributed by atoms with Crippen LogP contribution in [0.5, 0.6) is 5.75 Å². The van der Waals surface area contributed by atoms with Crippen LogP contribution < -0.4 is 10.5 Å². The molecule has 0 saturated carbocycles. The number of nitrogen functional groups attached to an aromatic ring is 1. The number of fused-ring (bicyclic) bond motifs is 4. The van der Waals surface area contributed by atoms with Crippen LogP contribution in [-0.4, -0.2) is 34.4 Å². The molecule has 5 rings (SSSR count). The van der Waals surface area contributed by atoms with E-state index in [4.69, 9.17) is 15.2 Å². The molecule has 148 valence electrons. The first-order valence-corrected chi connectivity index (χ1v) is 9.77. The maximum Gasteiger partial charge on any atom is 0.257 e. The van der Waals surface area contributed by atoms with E-state index < -0.39 is 17.8 Å². The van der Waals surface area contributed by atoms with Crippen molar-refractivity contribution in [2.75, 3.05) is 19.4 Å². The van der Waals surface area contributed by atoms with Crippen LogP contribution >= 0.6 is 15.9 Å². The molecule has 0 spiro atoms. The van der Waals surface area contributed by atoms with E-state index in [1.54, 1.807) is 19.3 Å². The smallest absolute Gasteiger partial charge is 0.257 e. The summed E-state index contributed by atoms with van der Waals surface area (Å²) in [5.74, 6) is -0.168. The molecule has 1 amide bonds. The van der Waals surface area contributed by atoms with E-state index in [0.717, 1.165) is 15.6 Å². The summed E-state index contributed by atoms with van der Waals surface area (Å²) in [5.41, 5.74) is 8.63. The first-order chi connectivity index (χ1) is 13.9. The highest BCUT2D eigenvalue weighted by Gasteiger charge is 2.33. The fraction of sp³-hybridized carbons (Fsp3) is 0.250. The Morgan fingerprint density at radius 2 is 2.10 bits per heavy atom. The topological polar surface area (TPSA) is 90.6 Å². The lowest BCUT2D eigenvalue weighted by Gasteiger charge is -2.23. The predicted molar refractivity (Wildman–Crippen MR) is 107 cm³/mol. The SMILES string of the molecule is CN(C(=O)c1cc2c3c(c(N)nc2cc1F)COC3)C1COc2cc(Br)cnc21. The highest BCUT2D eigenvalue weighted by molar-refractivity contribution is 9.10. The molecule has 1 atom stereocenters. The van der Waals surface area contributed by atoms with Crippen molar-refractivity contribution in [2.45, 2.75) is 19.3 Å². The zero-order valence-corrected chi connectivity index (χ0v) is 17.0. The number of ether oxygens (including phenoxy) is 2. The zero-order chi connectivity index (χ0) is 20.3. The molecule has 1 aromatic carbocycles. The number of carbonyl (C=O) groups is 1. The monoisotopic (exact) mass is 458 g/mol. The number of benzene rings is 1. The summed E-state index contributed by atoms with van der Waals surface area (Å²) in [4.78, 5) is 23.2. The van der Waals surface area contributed by atoms with Crippen molar-refractivity contribution in [1.29, 1.82) is 0 Å². The van der Waals surface area contributed by atoms with Gasteiger partial charge in [-0.15, -0.1) is 0 Å². The van der Waals surface area contributed by atoms with Crippen LogP contribution in [0.25, 0.3) is 10.9 Å². The van der Waals surface area contributed by atoms with Crippen molar-refractivity contribution in [3.63, 3.8) is 0 Å². The average Bonchev–Trinajstić information content (AvgIpc) is 3.34. The Morgan fingerprint density at radius 1 is 1.31 bits per heavy atom. The highest BCUT2D eigenvalue weighted by atomic mass is 79.9. The fourth-order valence-electron chi connectivity index (χ4n) is 3.83. The summed E-state index contributed by atoms with van der Waals surface area (Å²) >= 11 is 3.35. The number of nitrogens with two attached hydrogens (primary N) is 1. The van der Waals surface area contributed by atoms with Crippen molar-refractivity contribution in [1.82, 2.24) is 14.9 Å².